The number of nitrogens with one attached hydrogen (secondary N) is 1. The first-order chi connectivity index (χ1) is 13.2. The van der Waals surface area contributed by atoms with Crippen LogP contribution in [0.2, 0.25) is 0 Å². The Bertz CT molecular complexity index is 870. The van der Waals surface area contributed by atoms with Crippen molar-refractivity contribution in [2.24, 2.45) is 5.16 Å². The van der Waals surface area contributed by atoms with E-state index in [0.717, 1.165) is 11.3 Å². The Kier molecular flexibility index (Phi) is 5.02. The summed E-state index contributed by atoms with van der Waals surface area (Å²) in [7, 11) is 0. The van der Waals surface area contributed by atoms with E-state index in [1.54, 1.807) is 0 Å². The van der Waals surface area contributed by atoms with E-state index in [9.17, 15) is 9.18 Å². The largest absolute Gasteiger partial charge is 0.467 e. The highest BCUT2D eigenvalue weighted by Crippen LogP contribution is 2.29. The highest BCUT2D eigenvalue weighted by Gasteiger charge is 2.28. The van der Waals surface area contributed by atoms with E-state index in [1.165, 1.54) is 12.1 Å². The summed E-state index contributed by atoms with van der Waals surface area (Å²) in [5.41, 5.74) is 3.09. The molecule has 27 heavy (non-hydrogen) atoms. The molecule has 6 nitrogen and oxygen atoms in total. The van der Waals surface area contributed by atoms with E-state index in [0.29, 0.717) is 42.9 Å². The third-order valence-corrected chi connectivity index (χ3v) is 4.51. The molecule has 2 aliphatic heterocycles. The topological polar surface area (TPSA) is 69.2 Å². The number of amides is 1. The van der Waals surface area contributed by atoms with Gasteiger partial charge in [-0.3, -0.25) is 4.79 Å². The first kappa shape index (κ1) is 17.5. The number of halogens is 1. The van der Waals surface area contributed by atoms with E-state index < -0.39 is 6.10 Å². The number of hydrogen-bond acceptors (Lipinski definition) is 5. The third-order valence-electron chi connectivity index (χ3n) is 4.51. The smallest absolute Gasteiger partial charge is 0.264 e. The van der Waals surface area contributed by atoms with Gasteiger partial charge in [-0.1, -0.05) is 35.5 Å². The lowest BCUT2D eigenvalue weighted by Gasteiger charge is -2.21. The van der Waals surface area contributed by atoms with Gasteiger partial charge in [0.2, 0.25) is 6.10 Å². The lowest BCUT2D eigenvalue weighted by molar-refractivity contribution is -0.131. The van der Waals surface area contributed by atoms with Gasteiger partial charge >= 0.3 is 0 Å². The van der Waals surface area contributed by atoms with Crippen LogP contribution in [0.15, 0.2) is 47.6 Å². The first-order valence-electron chi connectivity index (χ1n) is 8.78. The van der Waals surface area contributed by atoms with Crippen molar-refractivity contribution in [3.8, 4) is 5.75 Å². The molecular formula is C20H19FN2O4. The quantitative estimate of drug-likeness (QED) is 0.878. The minimum absolute atomic E-state index is 0.146. The highest BCUT2D eigenvalue weighted by atomic mass is 19.1. The molecule has 140 valence electrons. The Morgan fingerprint density at radius 2 is 2.11 bits per heavy atom. The fourth-order valence-corrected chi connectivity index (χ4v) is 3.20. The van der Waals surface area contributed by atoms with Crippen LogP contribution in [0.1, 0.15) is 23.1 Å². The zero-order valence-corrected chi connectivity index (χ0v) is 14.6. The number of ether oxygens (including phenoxy) is 2. The summed E-state index contributed by atoms with van der Waals surface area (Å²) < 4.78 is 24.4. The van der Waals surface area contributed by atoms with Crippen molar-refractivity contribution in [1.29, 1.82) is 0 Å². The molecule has 7 heteroatoms. The summed E-state index contributed by atoms with van der Waals surface area (Å²) in [6, 6.07) is 12.4. The van der Waals surface area contributed by atoms with Gasteiger partial charge in [0.15, 0.2) is 6.79 Å². The van der Waals surface area contributed by atoms with Gasteiger partial charge in [-0.25, -0.2) is 4.39 Å². The fraction of sp³-hybridized carbons (Fsp3) is 0.300. The fourth-order valence-electron chi connectivity index (χ4n) is 3.20. The first-order valence-corrected chi connectivity index (χ1v) is 8.78. The second-order valence-electron chi connectivity index (χ2n) is 6.41. The van der Waals surface area contributed by atoms with Crippen LogP contribution >= 0.6 is 0 Å². The van der Waals surface area contributed by atoms with E-state index in [-0.39, 0.29) is 18.5 Å². The van der Waals surface area contributed by atoms with Crippen molar-refractivity contribution >= 4 is 11.6 Å². The Hall–Kier alpha value is -2.93. The monoisotopic (exact) mass is 370 g/mol. The standard InChI is InChI=1S/C20H19FN2O4/c21-16-8-14(19-15(9-16)11-25-12-26-19)6-7-22-20(24)18-10-17(23-27-18)13-4-2-1-3-5-13/h1-5,8-9,18H,6-7,10-12H2,(H,22,24)/t18-/m1/s1. The molecule has 2 heterocycles. The van der Waals surface area contributed by atoms with E-state index in [4.69, 9.17) is 14.3 Å². The van der Waals surface area contributed by atoms with Crippen molar-refractivity contribution in [2.45, 2.75) is 25.6 Å². The van der Waals surface area contributed by atoms with Crippen LogP contribution in [0.3, 0.4) is 0 Å². The number of carbonyl (C=O) groups is 1. The molecule has 0 spiro atoms. The van der Waals surface area contributed by atoms with Crippen LogP contribution in [-0.2, 0) is 27.4 Å². The maximum absolute atomic E-state index is 13.8. The van der Waals surface area contributed by atoms with Crippen LogP contribution in [0, 0.1) is 5.82 Å². The van der Waals surface area contributed by atoms with Crippen molar-refractivity contribution in [2.75, 3.05) is 13.3 Å². The van der Waals surface area contributed by atoms with Gasteiger partial charge in [0.05, 0.1) is 12.3 Å². The summed E-state index contributed by atoms with van der Waals surface area (Å²) in [5.74, 6) is 0.0621. The zero-order chi connectivity index (χ0) is 18.6. The summed E-state index contributed by atoms with van der Waals surface area (Å²) >= 11 is 0. The van der Waals surface area contributed by atoms with Crippen LogP contribution in [0.4, 0.5) is 4.39 Å². The maximum Gasteiger partial charge on any atom is 0.264 e. The number of oxime groups is 1. The summed E-state index contributed by atoms with van der Waals surface area (Å²) in [6.07, 6.45) is 0.225. The predicted octanol–water partition coefficient (Wildman–Crippen LogP) is 2.54. The van der Waals surface area contributed by atoms with Gasteiger partial charge in [-0.05, 0) is 29.7 Å². The van der Waals surface area contributed by atoms with Gasteiger partial charge < -0.3 is 19.6 Å². The molecule has 2 aromatic rings. The molecule has 1 atom stereocenters. The van der Waals surface area contributed by atoms with E-state index in [1.807, 2.05) is 30.3 Å². The Labute approximate surface area is 155 Å². The molecule has 0 unspecified atom stereocenters. The van der Waals surface area contributed by atoms with Crippen LogP contribution in [0.5, 0.6) is 5.75 Å². The maximum atomic E-state index is 13.8. The number of rotatable bonds is 5. The molecule has 0 saturated heterocycles. The summed E-state index contributed by atoms with van der Waals surface area (Å²) in [5, 5.41) is 6.84. The average molecular weight is 370 g/mol. The molecular weight excluding hydrogens is 351 g/mol. The number of benzene rings is 2. The Morgan fingerprint density at radius 3 is 2.96 bits per heavy atom. The van der Waals surface area contributed by atoms with Crippen molar-refractivity contribution < 1.29 is 23.5 Å². The number of carbonyl (C=O) groups excluding carboxylic acids is 1. The molecule has 2 aliphatic rings. The second kappa shape index (κ2) is 7.75. The highest BCUT2D eigenvalue weighted by molar-refractivity contribution is 6.04. The summed E-state index contributed by atoms with van der Waals surface area (Å²) in [6.45, 7) is 0.814. The summed E-state index contributed by atoms with van der Waals surface area (Å²) in [4.78, 5) is 17.6. The molecule has 0 bridgehead atoms. The Balaban J connectivity index is 1.32. The Morgan fingerprint density at radius 1 is 1.26 bits per heavy atom. The molecule has 0 fully saturated rings. The normalized spacial score (nSPS) is 18.1. The van der Waals surface area contributed by atoms with Crippen LogP contribution < -0.4 is 10.1 Å². The molecule has 1 amide bonds. The molecule has 0 radical (unpaired) electrons. The minimum Gasteiger partial charge on any atom is -0.467 e. The molecule has 0 aliphatic carbocycles. The number of nitrogens with zero attached hydrogens (tertiary/aromatic N) is 1. The molecule has 0 saturated carbocycles. The average Bonchev–Trinajstić information content (AvgIpc) is 3.19. The van der Waals surface area contributed by atoms with Gasteiger partial charge in [0.1, 0.15) is 11.6 Å². The van der Waals surface area contributed by atoms with Gasteiger partial charge in [-0.2, -0.15) is 0 Å². The van der Waals surface area contributed by atoms with Crippen molar-refractivity contribution in [3.05, 3.63) is 65.0 Å². The lowest BCUT2D eigenvalue weighted by atomic mass is 10.0. The lowest BCUT2D eigenvalue weighted by Crippen LogP contribution is -2.36. The number of fused-ring (bicyclic) bond motifs is 1. The SMILES string of the molecule is O=C(NCCc1cc(F)cc2c1OCOC2)[C@H]1CC(c2ccccc2)=NO1. The van der Waals surface area contributed by atoms with Crippen molar-refractivity contribution in [3.63, 3.8) is 0 Å². The molecule has 0 aromatic heterocycles. The van der Waals surface area contributed by atoms with Gasteiger partial charge in [-0.15, -0.1) is 0 Å². The van der Waals surface area contributed by atoms with Gasteiger partial charge in [0, 0.05) is 18.5 Å². The van der Waals surface area contributed by atoms with E-state index in [2.05, 4.69) is 10.5 Å². The van der Waals surface area contributed by atoms with Crippen LogP contribution in [0.25, 0.3) is 0 Å². The molecule has 4 rings (SSSR count). The van der Waals surface area contributed by atoms with Gasteiger partial charge in [0.25, 0.3) is 5.91 Å². The zero-order valence-electron chi connectivity index (χ0n) is 14.6. The molecule has 2 aromatic carbocycles. The van der Waals surface area contributed by atoms with E-state index >= 15 is 0 Å². The number of hydrogen-bond donors (Lipinski definition) is 1. The van der Waals surface area contributed by atoms with Crippen LogP contribution in [-0.4, -0.2) is 31.1 Å². The second-order valence-corrected chi connectivity index (χ2v) is 6.41. The molecule has 1 N–H and O–H groups in total. The third kappa shape index (κ3) is 3.93. The van der Waals surface area contributed by atoms with Crippen molar-refractivity contribution in [1.82, 2.24) is 5.32 Å². The predicted molar refractivity (Wildman–Crippen MR) is 95.9 cm³/mol. The minimum atomic E-state index is -0.647.